The summed E-state index contributed by atoms with van der Waals surface area (Å²) in [7, 11) is 0. The number of nitrogens with one attached hydrogen (secondary N) is 1. The summed E-state index contributed by atoms with van der Waals surface area (Å²) in [6.07, 6.45) is 0. The topological polar surface area (TPSA) is 12.0 Å². The molecule has 0 aromatic heterocycles. The van der Waals surface area contributed by atoms with Gasteiger partial charge in [-0.25, -0.2) is 13.2 Å². The van der Waals surface area contributed by atoms with Gasteiger partial charge in [-0.1, -0.05) is 19.1 Å². The van der Waals surface area contributed by atoms with Crippen LogP contribution in [0.3, 0.4) is 0 Å². The molecule has 1 atom stereocenters. The SMILES string of the molecule is CCNC(c1ccc(F)cc1C)c1ccc(F)cc1F. The van der Waals surface area contributed by atoms with E-state index in [0.29, 0.717) is 12.1 Å². The number of aryl methyl sites for hydroxylation is 1. The maximum absolute atomic E-state index is 14.0. The Morgan fingerprint density at radius 3 is 2.10 bits per heavy atom. The van der Waals surface area contributed by atoms with Crippen molar-refractivity contribution in [3.05, 3.63) is 70.5 Å². The van der Waals surface area contributed by atoms with Crippen molar-refractivity contribution in [2.24, 2.45) is 0 Å². The van der Waals surface area contributed by atoms with Gasteiger partial charge in [-0.3, -0.25) is 0 Å². The van der Waals surface area contributed by atoms with E-state index >= 15 is 0 Å². The third-order valence-corrected chi connectivity index (χ3v) is 3.22. The van der Waals surface area contributed by atoms with Crippen LogP contribution >= 0.6 is 0 Å². The molecule has 0 radical (unpaired) electrons. The van der Waals surface area contributed by atoms with E-state index < -0.39 is 17.7 Å². The molecule has 4 heteroatoms. The van der Waals surface area contributed by atoms with Crippen molar-refractivity contribution in [2.45, 2.75) is 19.9 Å². The molecular formula is C16H16F3N. The second-order valence-corrected chi connectivity index (χ2v) is 4.66. The van der Waals surface area contributed by atoms with Gasteiger partial charge < -0.3 is 5.32 Å². The van der Waals surface area contributed by atoms with Gasteiger partial charge in [0.15, 0.2) is 0 Å². The van der Waals surface area contributed by atoms with Gasteiger partial charge in [0.25, 0.3) is 0 Å². The van der Waals surface area contributed by atoms with Crippen LogP contribution in [0.2, 0.25) is 0 Å². The minimum atomic E-state index is -0.614. The van der Waals surface area contributed by atoms with E-state index in [0.717, 1.165) is 17.2 Å². The van der Waals surface area contributed by atoms with Crippen LogP contribution in [0.4, 0.5) is 13.2 Å². The van der Waals surface area contributed by atoms with Crippen molar-refractivity contribution in [2.75, 3.05) is 6.54 Å². The van der Waals surface area contributed by atoms with Gasteiger partial charge in [0.2, 0.25) is 0 Å². The Hall–Kier alpha value is -1.81. The summed E-state index contributed by atoms with van der Waals surface area (Å²) in [5.41, 5.74) is 1.85. The van der Waals surface area contributed by atoms with Crippen molar-refractivity contribution >= 4 is 0 Å². The third kappa shape index (κ3) is 3.02. The molecule has 2 aromatic rings. The summed E-state index contributed by atoms with van der Waals surface area (Å²) < 4.78 is 40.2. The fourth-order valence-electron chi connectivity index (χ4n) is 2.29. The largest absolute Gasteiger partial charge is 0.306 e. The van der Waals surface area contributed by atoms with E-state index in [-0.39, 0.29) is 5.82 Å². The van der Waals surface area contributed by atoms with Crippen LogP contribution in [0.15, 0.2) is 36.4 Å². The molecule has 0 bridgehead atoms. The highest BCUT2D eigenvalue weighted by atomic mass is 19.1. The van der Waals surface area contributed by atoms with Crippen LogP contribution in [0.5, 0.6) is 0 Å². The lowest BCUT2D eigenvalue weighted by Crippen LogP contribution is -2.24. The molecule has 0 amide bonds. The highest BCUT2D eigenvalue weighted by Gasteiger charge is 2.19. The number of rotatable bonds is 4. The van der Waals surface area contributed by atoms with Crippen LogP contribution < -0.4 is 5.32 Å². The molecule has 0 spiro atoms. The van der Waals surface area contributed by atoms with Crippen LogP contribution in [0, 0.1) is 24.4 Å². The second kappa shape index (κ2) is 6.09. The van der Waals surface area contributed by atoms with E-state index in [9.17, 15) is 13.2 Å². The zero-order chi connectivity index (χ0) is 14.7. The average Bonchev–Trinajstić information content (AvgIpc) is 2.37. The van der Waals surface area contributed by atoms with Gasteiger partial charge in [-0.2, -0.15) is 0 Å². The summed E-state index contributed by atoms with van der Waals surface area (Å²) in [4.78, 5) is 0. The van der Waals surface area contributed by atoms with E-state index in [1.807, 2.05) is 6.92 Å². The van der Waals surface area contributed by atoms with Crippen molar-refractivity contribution in [1.82, 2.24) is 5.32 Å². The average molecular weight is 279 g/mol. The van der Waals surface area contributed by atoms with E-state index in [4.69, 9.17) is 0 Å². The Kier molecular flexibility index (Phi) is 4.45. The number of halogens is 3. The molecule has 1 N–H and O–H groups in total. The summed E-state index contributed by atoms with van der Waals surface area (Å²) >= 11 is 0. The zero-order valence-electron chi connectivity index (χ0n) is 11.4. The van der Waals surface area contributed by atoms with Gasteiger partial charge in [0, 0.05) is 11.6 Å². The lowest BCUT2D eigenvalue weighted by Gasteiger charge is -2.21. The molecule has 2 aromatic carbocycles. The number of hydrogen-bond acceptors (Lipinski definition) is 1. The van der Waals surface area contributed by atoms with Gasteiger partial charge in [0.1, 0.15) is 17.5 Å². The predicted molar refractivity (Wildman–Crippen MR) is 73.0 cm³/mol. The van der Waals surface area contributed by atoms with Gasteiger partial charge in [-0.15, -0.1) is 0 Å². The minimum absolute atomic E-state index is 0.332. The normalized spacial score (nSPS) is 12.4. The Morgan fingerprint density at radius 2 is 1.55 bits per heavy atom. The molecule has 1 nitrogen and oxygen atoms in total. The van der Waals surface area contributed by atoms with Crippen LogP contribution in [-0.4, -0.2) is 6.54 Å². The molecule has 0 aliphatic heterocycles. The summed E-state index contributed by atoms with van der Waals surface area (Å²) in [6, 6.07) is 7.44. The molecule has 0 fully saturated rings. The van der Waals surface area contributed by atoms with Crippen molar-refractivity contribution < 1.29 is 13.2 Å². The Morgan fingerprint density at radius 1 is 0.950 bits per heavy atom. The highest BCUT2D eigenvalue weighted by Crippen LogP contribution is 2.27. The molecule has 0 aliphatic rings. The van der Waals surface area contributed by atoms with Crippen molar-refractivity contribution in [3.8, 4) is 0 Å². The molecule has 2 rings (SSSR count). The first-order chi connectivity index (χ1) is 9.52. The molecule has 0 saturated heterocycles. The van der Waals surface area contributed by atoms with Crippen LogP contribution in [-0.2, 0) is 0 Å². The summed E-state index contributed by atoms with van der Waals surface area (Å²) in [5.74, 6) is -1.56. The zero-order valence-corrected chi connectivity index (χ0v) is 11.4. The molecule has 20 heavy (non-hydrogen) atoms. The molecular weight excluding hydrogens is 263 g/mol. The second-order valence-electron chi connectivity index (χ2n) is 4.66. The Balaban J connectivity index is 2.50. The maximum atomic E-state index is 14.0. The highest BCUT2D eigenvalue weighted by molar-refractivity contribution is 5.37. The van der Waals surface area contributed by atoms with Crippen LogP contribution in [0.1, 0.15) is 29.7 Å². The number of hydrogen-bond donors (Lipinski definition) is 1. The fourth-order valence-corrected chi connectivity index (χ4v) is 2.29. The van der Waals surface area contributed by atoms with Crippen molar-refractivity contribution in [1.29, 1.82) is 0 Å². The smallest absolute Gasteiger partial charge is 0.131 e. The predicted octanol–water partition coefficient (Wildman–Crippen LogP) is 4.11. The van der Waals surface area contributed by atoms with Gasteiger partial charge in [0.05, 0.1) is 6.04 Å². The van der Waals surface area contributed by atoms with Gasteiger partial charge in [-0.05, 0) is 42.8 Å². The standard InChI is InChI=1S/C16H16F3N/c1-3-20-16(13-6-4-11(17)8-10(13)2)14-7-5-12(18)9-15(14)19/h4-9,16,20H,3H2,1-2H3. The molecule has 106 valence electrons. The summed E-state index contributed by atoms with van der Waals surface area (Å²) in [5, 5.41) is 3.15. The van der Waals surface area contributed by atoms with E-state index in [1.54, 1.807) is 13.0 Å². The lowest BCUT2D eigenvalue weighted by molar-refractivity contribution is 0.539. The quantitative estimate of drug-likeness (QED) is 0.888. The minimum Gasteiger partial charge on any atom is -0.306 e. The fraction of sp³-hybridized carbons (Fsp3) is 0.250. The number of benzene rings is 2. The monoisotopic (exact) mass is 279 g/mol. The van der Waals surface area contributed by atoms with Crippen molar-refractivity contribution in [3.63, 3.8) is 0 Å². The first-order valence-electron chi connectivity index (χ1n) is 6.47. The first kappa shape index (κ1) is 14.6. The summed E-state index contributed by atoms with van der Waals surface area (Å²) in [6.45, 7) is 4.27. The molecule has 0 heterocycles. The maximum Gasteiger partial charge on any atom is 0.131 e. The molecule has 0 aliphatic carbocycles. The van der Waals surface area contributed by atoms with E-state index in [2.05, 4.69) is 5.32 Å². The molecule has 0 saturated carbocycles. The molecule has 1 unspecified atom stereocenters. The van der Waals surface area contributed by atoms with Gasteiger partial charge >= 0.3 is 0 Å². The van der Waals surface area contributed by atoms with E-state index in [1.165, 1.54) is 24.3 Å². The third-order valence-electron chi connectivity index (χ3n) is 3.22. The lowest BCUT2D eigenvalue weighted by atomic mass is 9.94. The first-order valence-corrected chi connectivity index (χ1v) is 6.47. The Labute approximate surface area is 116 Å². The van der Waals surface area contributed by atoms with Crippen LogP contribution in [0.25, 0.3) is 0 Å². The Bertz CT molecular complexity index is 559.